The van der Waals surface area contributed by atoms with E-state index >= 15 is 0 Å². The van der Waals surface area contributed by atoms with Crippen molar-refractivity contribution in [1.29, 1.82) is 0 Å². The summed E-state index contributed by atoms with van der Waals surface area (Å²) in [6, 6.07) is 0.119. The quantitative estimate of drug-likeness (QED) is 0.0157. The number of quaternary nitrogens is 1. The van der Waals surface area contributed by atoms with Crippen molar-refractivity contribution in [3.8, 4) is 0 Å². The number of carbonyl (C=O) groups is 3. The highest BCUT2D eigenvalue weighted by atomic mass is 28.4. The molecule has 620 valence electrons. The fourth-order valence-electron chi connectivity index (χ4n) is 14.5. The lowest BCUT2D eigenvalue weighted by atomic mass is 10.0. The third kappa shape index (κ3) is 60.0. The van der Waals surface area contributed by atoms with Gasteiger partial charge in [0.2, 0.25) is 17.7 Å². The van der Waals surface area contributed by atoms with Crippen LogP contribution in [0.15, 0.2) is 0 Å². The Hall–Kier alpha value is -1.77. The van der Waals surface area contributed by atoms with Crippen LogP contribution in [-0.4, -0.2) is 165 Å². The zero-order valence-corrected chi connectivity index (χ0v) is 70.6. The minimum absolute atomic E-state index is 0.119. The van der Waals surface area contributed by atoms with Gasteiger partial charge in [-0.3, -0.25) is 14.4 Å². The maximum Gasteiger partial charge on any atom is 0.501 e. The molecule has 9 N–H and O–H groups in total. The molecule has 0 spiro atoms. The number of carbonyl (C=O) groups excluding carboxylic acids is 3. The molecule has 16 nitrogen and oxygen atoms in total. The van der Waals surface area contributed by atoms with E-state index in [1.165, 1.54) is 289 Å². The van der Waals surface area contributed by atoms with E-state index in [1.807, 2.05) is 0 Å². The van der Waals surface area contributed by atoms with E-state index in [4.69, 9.17) is 13.3 Å². The maximum atomic E-state index is 13.8. The summed E-state index contributed by atoms with van der Waals surface area (Å²) in [4.78, 5) is 41.5. The van der Waals surface area contributed by atoms with Gasteiger partial charge in [0.05, 0.1) is 86.6 Å². The van der Waals surface area contributed by atoms with E-state index in [0.29, 0.717) is 36.7 Å². The summed E-state index contributed by atoms with van der Waals surface area (Å²) >= 11 is 0. The van der Waals surface area contributed by atoms with Crippen molar-refractivity contribution in [2.24, 2.45) is 0 Å². The molecular weight excluding hydrogens is 1320 g/mol. The van der Waals surface area contributed by atoms with Gasteiger partial charge in [0, 0.05) is 31.7 Å². The summed E-state index contributed by atoms with van der Waals surface area (Å²) in [5.41, 5.74) is -5.08. The molecule has 0 aromatic rings. The molecule has 0 radical (unpaired) electrons. The van der Waals surface area contributed by atoms with Crippen molar-refractivity contribution in [3.05, 3.63) is 0 Å². The standard InChI is InChI=1S/C87H176N4O12Si/c1-7-11-15-19-23-27-31-35-36-37-38-39-40-41-45-49-53-57-61-65-70-91(5,6)71-66-72-104(101-79-85(73-92,74-93)88-82(98)67-62-58-54-50-46-42-32-28-24-20-16-12-8-2,102-80-86(75-94,76-95)89-83(99)68-63-59-55-51-47-43-33-29-25-21-17-13-9-3)103-81-87(77-96,78-97)90-84(100)69-64-60-56-52-48-44-34-30-26-22-18-14-10-4/h92-97H,7-81H2,1-6H3,(H2-,88,89,90,98,99,100)/p+1. The van der Waals surface area contributed by atoms with Crippen LogP contribution in [0.2, 0.25) is 6.04 Å². The van der Waals surface area contributed by atoms with Crippen molar-refractivity contribution in [3.63, 3.8) is 0 Å². The normalized spacial score (nSPS) is 12.5. The first kappa shape index (κ1) is 102. The van der Waals surface area contributed by atoms with Gasteiger partial charge in [0.1, 0.15) is 16.6 Å². The third-order valence-electron chi connectivity index (χ3n) is 22.1. The highest BCUT2D eigenvalue weighted by molar-refractivity contribution is 6.60. The first-order chi connectivity index (χ1) is 50.6. The smallest absolute Gasteiger partial charge is 0.394 e. The first-order valence-corrected chi connectivity index (χ1v) is 46.9. The average molecular weight is 1500 g/mol. The van der Waals surface area contributed by atoms with Crippen LogP contribution in [0.1, 0.15) is 432 Å². The number of aliphatic hydroxyl groups excluding tert-OH is 6. The number of nitrogens with one attached hydrogen (secondary N) is 3. The lowest BCUT2D eigenvalue weighted by Gasteiger charge is -2.41. The first-order valence-electron chi connectivity index (χ1n) is 44.9. The van der Waals surface area contributed by atoms with Crippen LogP contribution in [0.4, 0.5) is 0 Å². The summed E-state index contributed by atoms with van der Waals surface area (Å²) in [7, 11) is 0.0226. The Morgan fingerprint density at radius 1 is 0.260 bits per heavy atom. The summed E-state index contributed by atoms with van der Waals surface area (Å²) in [6.07, 6.45) is 72.9. The molecule has 0 saturated carbocycles. The largest absolute Gasteiger partial charge is 0.501 e. The SMILES string of the molecule is CCCCCCCCCCCCCCCCCCCCCC[N+](C)(C)CCC[Si](OCC(CO)(CO)NC(=O)CCCCCCCCCCCCCCC)(OCC(CO)(CO)NC(=O)CCCCCCCCCCCCCCC)OCC(CO)(CO)NC(=O)CCCCCCCCCCCCCCC. The molecule has 0 bridgehead atoms. The Labute approximate surface area is 643 Å². The van der Waals surface area contributed by atoms with Crippen LogP contribution in [0, 0.1) is 0 Å². The minimum Gasteiger partial charge on any atom is -0.394 e. The molecule has 0 aliphatic heterocycles. The van der Waals surface area contributed by atoms with Gasteiger partial charge >= 0.3 is 8.80 Å². The molecule has 0 heterocycles. The zero-order chi connectivity index (χ0) is 76.5. The predicted molar refractivity (Wildman–Crippen MR) is 439 cm³/mol. The van der Waals surface area contributed by atoms with Crippen molar-refractivity contribution in [1.82, 2.24) is 16.0 Å². The number of amides is 3. The predicted octanol–water partition coefficient (Wildman–Crippen LogP) is 20.2. The Balaban J connectivity index is 6.54. The second kappa shape index (κ2) is 72.7. The molecule has 104 heavy (non-hydrogen) atoms. The Bertz CT molecular complexity index is 1700. The van der Waals surface area contributed by atoms with Gasteiger partial charge in [0.15, 0.2) is 0 Å². The Morgan fingerprint density at radius 3 is 0.606 bits per heavy atom. The van der Waals surface area contributed by atoms with Crippen molar-refractivity contribution >= 4 is 26.5 Å². The van der Waals surface area contributed by atoms with Crippen LogP contribution in [0.5, 0.6) is 0 Å². The van der Waals surface area contributed by atoms with Crippen molar-refractivity contribution in [2.45, 2.75) is 455 Å². The van der Waals surface area contributed by atoms with E-state index in [0.717, 1.165) is 77.2 Å². The highest BCUT2D eigenvalue weighted by Crippen LogP contribution is 2.28. The van der Waals surface area contributed by atoms with Gasteiger partial charge in [-0.25, -0.2) is 0 Å². The monoisotopic (exact) mass is 1500 g/mol. The molecule has 0 unspecified atom stereocenters. The molecule has 0 aromatic heterocycles. The second-order valence-electron chi connectivity index (χ2n) is 33.2. The van der Waals surface area contributed by atoms with E-state index in [9.17, 15) is 45.0 Å². The lowest BCUT2D eigenvalue weighted by Crippen LogP contribution is -2.64. The van der Waals surface area contributed by atoms with Gasteiger partial charge in [-0.05, 0) is 32.1 Å². The molecule has 0 rings (SSSR count). The molecular formula is C87H177N4O12Si+. The van der Waals surface area contributed by atoms with E-state index in [1.54, 1.807) is 0 Å². The summed E-state index contributed by atoms with van der Waals surface area (Å²) < 4.78 is 21.4. The average Bonchev–Trinajstić information content (AvgIpc) is 0.811. The molecule has 0 aliphatic carbocycles. The molecule has 0 aromatic carbocycles. The fraction of sp³-hybridized carbons (Fsp3) is 0.966. The molecule has 0 aliphatic rings. The zero-order valence-electron chi connectivity index (χ0n) is 69.6. The van der Waals surface area contributed by atoms with Crippen LogP contribution in [-0.2, 0) is 27.7 Å². The Kier molecular flexibility index (Phi) is 71.5. The van der Waals surface area contributed by atoms with E-state index in [-0.39, 0.29) is 43.0 Å². The van der Waals surface area contributed by atoms with Crippen molar-refractivity contribution in [2.75, 3.05) is 86.6 Å². The molecule has 17 heteroatoms. The van der Waals surface area contributed by atoms with E-state index in [2.05, 4.69) is 57.7 Å². The topological polar surface area (TPSA) is 236 Å². The van der Waals surface area contributed by atoms with Crippen LogP contribution in [0.3, 0.4) is 0 Å². The Morgan fingerprint density at radius 2 is 0.423 bits per heavy atom. The van der Waals surface area contributed by atoms with Gasteiger partial charge in [0.25, 0.3) is 0 Å². The van der Waals surface area contributed by atoms with Gasteiger partial charge in [-0.15, -0.1) is 0 Å². The van der Waals surface area contributed by atoms with Crippen LogP contribution >= 0.6 is 0 Å². The summed E-state index contributed by atoms with van der Waals surface area (Å²) in [5.74, 6) is -1.06. The molecule has 0 saturated heterocycles. The second-order valence-corrected chi connectivity index (χ2v) is 35.9. The van der Waals surface area contributed by atoms with Gasteiger partial charge in [-0.2, -0.15) is 0 Å². The number of aliphatic hydroxyl groups is 6. The number of hydrogen-bond acceptors (Lipinski definition) is 12. The van der Waals surface area contributed by atoms with Gasteiger partial charge in [-0.1, -0.05) is 374 Å². The van der Waals surface area contributed by atoms with Crippen LogP contribution in [0.25, 0.3) is 0 Å². The number of hydrogen-bond donors (Lipinski definition) is 9. The lowest BCUT2D eigenvalue weighted by molar-refractivity contribution is -0.890. The number of nitrogens with zero attached hydrogens (tertiary/aromatic N) is 1. The maximum absolute atomic E-state index is 13.8. The molecule has 3 amide bonds. The number of unbranched alkanes of at least 4 members (excludes halogenated alkanes) is 55. The van der Waals surface area contributed by atoms with Crippen molar-refractivity contribution < 1.29 is 62.8 Å². The fourth-order valence-corrected chi connectivity index (χ4v) is 17.2. The number of rotatable bonds is 85. The van der Waals surface area contributed by atoms with Crippen LogP contribution < -0.4 is 16.0 Å². The highest BCUT2D eigenvalue weighted by Gasteiger charge is 2.49. The summed E-state index contributed by atoms with van der Waals surface area (Å²) in [5, 5.41) is 75.6. The summed E-state index contributed by atoms with van der Waals surface area (Å²) in [6.45, 7) is 5.03. The minimum atomic E-state index is -4.37. The molecule has 0 fully saturated rings. The molecule has 0 atom stereocenters. The van der Waals surface area contributed by atoms with E-state index < -0.39 is 84.9 Å². The third-order valence-corrected chi connectivity index (χ3v) is 24.8. The van der Waals surface area contributed by atoms with Gasteiger partial charge < -0.3 is 64.4 Å².